The van der Waals surface area contributed by atoms with Crippen LogP contribution in [0.5, 0.6) is 0 Å². The Bertz CT molecular complexity index is 935. The Labute approximate surface area is 152 Å². The maximum Gasteiger partial charge on any atom is 0.258 e. The van der Waals surface area contributed by atoms with Gasteiger partial charge in [0.1, 0.15) is 5.82 Å². The van der Waals surface area contributed by atoms with Gasteiger partial charge in [-0.3, -0.25) is 9.59 Å². The molecule has 0 aliphatic heterocycles. The summed E-state index contributed by atoms with van der Waals surface area (Å²) < 4.78 is 0. The second-order valence-corrected chi connectivity index (χ2v) is 6.63. The molecule has 0 aliphatic carbocycles. The summed E-state index contributed by atoms with van der Waals surface area (Å²) in [6.07, 6.45) is 1.79. The van der Waals surface area contributed by atoms with E-state index in [1.165, 1.54) is 5.56 Å². The molecule has 1 aromatic heterocycles. The SMILES string of the molecule is CC(CC(=O)NCCc1ccccc1)Cc1nc2ccccc2c(=O)[nH]1. The number of amides is 1. The standard InChI is InChI=1S/C21H23N3O2/c1-15(14-20(25)22-12-11-16-7-3-2-4-8-16)13-19-23-18-10-6-5-9-17(18)21(26)24-19/h2-10,15H,11-14H2,1H3,(H,22,25)(H,23,24,26). The maximum absolute atomic E-state index is 12.1. The van der Waals surface area contributed by atoms with Crippen LogP contribution in [0.15, 0.2) is 59.4 Å². The van der Waals surface area contributed by atoms with Crippen molar-refractivity contribution in [2.24, 2.45) is 5.92 Å². The fraction of sp³-hybridized carbons (Fsp3) is 0.286. The average Bonchev–Trinajstić information content (AvgIpc) is 2.62. The Morgan fingerprint density at radius 3 is 2.65 bits per heavy atom. The number of hydrogen-bond donors (Lipinski definition) is 2. The molecule has 5 nitrogen and oxygen atoms in total. The number of para-hydroxylation sites is 1. The number of benzene rings is 2. The lowest BCUT2D eigenvalue weighted by molar-refractivity contribution is -0.121. The molecule has 0 saturated heterocycles. The van der Waals surface area contributed by atoms with Crippen molar-refractivity contribution in [1.82, 2.24) is 15.3 Å². The summed E-state index contributed by atoms with van der Waals surface area (Å²) in [4.78, 5) is 31.5. The monoisotopic (exact) mass is 349 g/mol. The predicted molar refractivity (Wildman–Crippen MR) is 103 cm³/mol. The van der Waals surface area contributed by atoms with Gasteiger partial charge in [0.05, 0.1) is 10.9 Å². The lowest BCUT2D eigenvalue weighted by Gasteiger charge is -2.11. The molecule has 26 heavy (non-hydrogen) atoms. The van der Waals surface area contributed by atoms with E-state index >= 15 is 0 Å². The normalized spacial score (nSPS) is 12.0. The number of aromatic amines is 1. The van der Waals surface area contributed by atoms with Gasteiger partial charge in [-0.2, -0.15) is 0 Å². The molecule has 0 fully saturated rings. The number of hydrogen-bond acceptors (Lipinski definition) is 3. The first-order valence-corrected chi connectivity index (χ1v) is 8.90. The van der Waals surface area contributed by atoms with Gasteiger partial charge in [0.2, 0.25) is 5.91 Å². The minimum absolute atomic E-state index is 0.0246. The lowest BCUT2D eigenvalue weighted by atomic mass is 10.0. The van der Waals surface area contributed by atoms with E-state index in [4.69, 9.17) is 0 Å². The summed E-state index contributed by atoms with van der Waals surface area (Å²) in [5.74, 6) is 0.742. The molecule has 5 heteroatoms. The van der Waals surface area contributed by atoms with Crippen LogP contribution in [0.4, 0.5) is 0 Å². The summed E-state index contributed by atoms with van der Waals surface area (Å²) in [7, 11) is 0. The second-order valence-electron chi connectivity index (χ2n) is 6.63. The molecule has 134 valence electrons. The largest absolute Gasteiger partial charge is 0.356 e. The highest BCUT2D eigenvalue weighted by Gasteiger charge is 2.12. The fourth-order valence-electron chi connectivity index (χ4n) is 3.01. The van der Waals surface area contributed by atoms with Crippen LogP contribution in [-0.4, -0.2) is 22.4 Å². The summed E-state index contributed by atoms with van der Waals surface area (Å²) in [6, 6.07) is 17.3. The Morgan fingerprint density at radius 2 is 1.85 bits per heavy atom. The molecule has 0 bridgehead atoms. The zero-order valence-electron chi connectivity index (χ0n) is 14.9. The van der Waals surface area contributed by atoms with Crippen LogP contribution in [0.1, 0.15) is 24.7 Å². The summed E-state index contributed by atoms with van der Waals surface area (Å²) in [5.41, 5.74) is 1.76. The third-order valence-corrected chi connectivity index (χ3v) is 4.32. The van der Waals surface area contributed by atoms with E-state index in [1.54, 1.807) is 6.07 Å². The number of fused-ring (bicyclic) bond motifs is 1. The molecule has 3 aromatic rings. The molecule has 1 heterocycles. The minimum atomic E-state index is -0.134. The number of carbonyl (C=O) groups is 1. The number of aromatic nitrogens is 2. The van der Waals surface area contributed by atoms with Crippen molar-refractivity contribution in [2.75, 3.05) is 6.54 Å². The number of nitrogens with one attached hydrogen (secondary N) is 2. The summed E-state index contributed by atoms with van der Waals surface area (Å²) in [5, 5.41) is 3.54. The Kier molecular flexibility index (Phi) is 5.79. The molecule has 2 N–H and O–H groups in total. The highest BCUT2D eigenvalue weighted by Crippen LogP contribution is 2.11. The van der Waals surface area contributed by atoms with E-state index in [9.17, 15) is 9.59 Å². The smallest absolute Gasteiger partial charge is 0.258 e. The van der Waals surface area contributed by atoms with Gasteiger partial charge in [-0.1, -0.05) is 49.4 Å². The van der Waals surface area contributed by atoms with Crippen molar-refractivity contribution in [3.8, 4) is 0 Å². The van der Waals surface area contributed by atoms with Crippen LogP contribution in [0.25, 0.3) is 10.9 Å². The van der Waals surface area contributed by atoms with Gasteiger partial charge in [0, 0.05) is 19.4 Å². The number of H-pyrrole nitrogens is 1. The highest BCUT2D eigenvalue weighted by molar-refractivity contribution is 5.77. The van der Waals surface area contributed by atoms with Crippen molar-refractivity contribution in [2.45, 2.75) is 26.2 Å². The van der Waals surface area contributed by atoms with Gasteiger partial charge in [-0.15, -0.1) is 0 Å². The van der Waals surface area contributed by atoms with Crippen molar-refractivity contribution >= 4 is 16.8 Å². The number of nitrogens with zero attached hydrogens (tertiary/aromatic N) is 1. The summed E-state index contributed by atoms with van der Waals surface area (Å²) >= 11 is 0. The van der Waals surface area contributed by atoms with Crippen LogP contribution >= 0.6 is 0 Å². The quantitative estimate of drug-likeness (QED) is 0.689. The zero-order valence-corrected chi connectivity index (χ0v) is 14.9. The topological polar surface area (TPSA) is 74.8 Å². The number of rotatable bonds is 7. The molecule has 0 saturated carbocycles. The first kappa shape index (κ1) is 17.9. The van der Waals surface area contributed by atoms with Crippen LogP contribution in [0.2, 0.25) is 0 Å². The van der Waals surface area contributed by atoms with Crippen molar-refractivity contribution in [1.29, 1.82) is 0 Å². The molecule has 0 aliphatic rings. The average molecular weight is 349 g/mol. The fourth-order valence-corrected chi connectivity index (χ4v) is 3.01. The second kappa shape index (κ2) is 8.43. The lowest BCUT2D eigenvalue weighted by Crippen LogP contribution is -2.27. The predicted octanol–water partition coefficient (Wildman–Crippen LogP) is 2.85. The molecular formula is C21H23N3O2. The van der Waals surface area contributed by atoms with E-state index in [2.05, 4.69) is 27.4 Å². The van der Waals surface area contributed by atoms with Crippen molar-refractivity contribution in [3.63, 3.8) is 0 Å². The molecule has 2 aromatic carbocycles. The van der Waals surface area contributed by atoms with Gasteiger partial charge >= 0.3 is 0 Å². The molecule has 1 amide bonds. The summed E-state index contributed by atoms with van der Waals surface area (Å²) in [6.45, 7) is 2.62. The first-order valence-electron chi connectivity index (χ1n) is 8.90. The third-order valence-electron chi connectivity index (χ3n) is 4.32. The maximum atomic E-state index is 12.1. The Hall–Kier alpha value is -2.95. The Morgan fingerprint density at radius 1 is 1.12 bits per heavy atom. The van der Waals surface area contributed by atoms with E-state index in [0.29, 0.717) is 36.1 Å². The first-order chi connectivity index (χ1) is 12.6. The Balaban J connectivity index is 1.51. The van der Waals surface area contributed by atoms with Gasteiger partial charge in [0.15, 0.2) is 0 Å². The highest BCUT2D eigenvalue weighted by atomic mass is 16.1. The third kappa shape index (κ3) is 4.79. The number of carbonyl (C=O) groups excluding carboxylic acids is 1. The molecule has 3 rings (SSSR count). The van der Waals surface area contributed by atoms with E-state index < -0.39 is 0 Å². The van der Waals surface area contributed by atoms with E-state index in [-0.39, 0.29) is 17.4 Å². The van der Waals surface area contributed by atoms with E-state index in [1.807, 2.05) is 43.3 Å². The van der Waals surface area contributed by atoms with Crippen LogP contribution in [0.3, 0.4) is 0 Å². The minimum Gasteiger partial charge on any atom is -0.356 e. The van der Waals surface area contributed by atoms with Gasteiger partial charge in [0.25, 0.3) is 5.56 Å². The van der Waals surface area contributed by atoms with Crippen LogP contribution in [0, 0.1) is 5.92 Å². The molecule has 1 atom stereocenters. The molecule has 0 spiro atoms. The van der Waals surface area contributed by atoms with Gasteiger partial charge < -0.3 is 10.3 Å². The van der Waals surface area contributed by atoms with Gasteiger partial charge in [-0.25, -0.2) is 4.98 Å². The van der Waals surface area contributed by atoms with Crippen molar-refractivity contribution in [3.05, 3.63) is 76.3 Å². The molecule has 1 unspecified atom stereocenters. The van der Waals surface area contributed by atoms with Gasteiger partial charge in [-0.05, 0) is 30.0 Å². The molecule has 0 radical (unpaired) electrons. The van der Waals surface area contributed by atoms with E-state index in [0.717, 1.165) is 6.42 Å². The zero-order chi connectivity index (χ0) is 18.4. The molecular weight excluding hydrogens is 326 g/mol. The van der Waals surface area contributed by atoms with Crippen LogP contribution in [-0.2, 0) is 17.6 Å². The van der Waals surface area contributed by atoms with Crippen LogP contribution < -0.4 is 10.9 Å². The van der Waals surface area contributed by atoms with Crippen molar-refractivity contribution < 1.29 is 4.79 Å².